The van der Waals surface area contributed by atoms with Crippen LogP contribution in [0.1, 0.15) is 95.2 Å². The standard InChI is InChI=1S/C27H26N6O3S.C23H23N7O5S.C23H25N7O3S/c1-36-22-15-18(25-24-26(28)29-16-30-27(24)33(31-25)19-9-3-4-10-19)13-14-21(22)32-37(34,35)23-12-6-8-17-7-2-5-11-20(17)23;1-35-19-12-14(6-11-18(19)28-36(33,34)17-9-7-16(8-10-17)30(31)32)21-20-22(24)25-13-26-23(20)29(27-21)15-4-2-3-5-15;1-33-19-12-14(6-11-18(19)29-34(31,32)17-9-7-15(24)8-10-17)21-20-22(25)26-13-27-23(20)30(28-21)16-4-2-3-5-16/h2,5-8,11-16,19,32H,3-4,9-10H2,1H3,(H2,28,29,30);6-13,15,28H,2-5H2,1H3,(H2,24,25,26);6-13,16,29H,2-5,24H2,1H3,(H2,25,26,27). The quantitative estimate of drug-likeness (QED) is 0.0225. The molecule has 0 amide bonds. The molecule has 0 bridgehead atoms. The molecule has 6 heterocycles. The highest BCUT2D eigenvalue weighted by Gasteiger charge is 2.31. The number of ether oxygens (including phenoxy) is 3. The molecule has 0 atom stereocenters. The van der Waals surface area contributed by atoms with Crippen molar-refractivity contribution in [3.63, 3.8) is 0 Å². The van der Waals surface area contributed by atoms with Crippen molar-refractivity contribution in [1.82, 2.24) is 59.2 Å². The van der Waals surface area contributed by atoms with Crippen LogP contribution in [0.25, 0.3) is 77.6 Å². The molecule has 0 spiro atoms. The number of sulfonamides is 3. The minimum absolute atomic E-state index is 0.0963. The van der Waals surface area contributed by atoms with Gasteiger partial charge < -0.3 is 37.1 Å². The average molecular weight is 1500 g/mol. The molecule has 31 nitrogen and oxygen atoms in total. The Morgan fingerprint density at radius 3 is 1.14 bits per heavy atom. The van der Waals surface area contributed by atoms with Gasteiger partial charge in [-0.1, -0.05) is 93.1 Å². The van der Waals surface area contributed by atoms with Gasteiger partial charge in [0, 0.05) is 39.9 Å². The van der Waals surface area contributed by atoms with E-state index in [2.05, 4.69) is 44.1 Å². The number of nitrogens with two attached hydrogens (primary N) is 4. The van der Waals surface area contributed by atoms with Gasteiger partial charge in [-0.15, -0.1) is 0 Å². The van der Waals surface area contributed by atoms with Crippen LogP contribution in [0.4, 0.5) is 45.9 Å². The molecule has 3 aliphatic rings. The summed E-state index contributed by atoms with van der Waals surface area (Å²) in [4.78, 5) is 36.3. The highest BCUT2D eigenvalue weighted by Crippen LogP contribution is 2.44. The number of hydrogen-bond donors (Lipinski definition) is 7. The number of non-ortho nitro benzene ring substituents is 1. The number of nitro groups is 1. The van der Waals surface area contributed by atoms with Crippen molar-refractivity contribution in [2.45, 2.75) is 110 Å². The second-order valence-corrected chi connectivity index (χ2v) is 30.9. The molecular formula is C73H74N20O11S3. The Bertz CT molecular complexity index is 5900. The lowest BCUT2D eigenvalue weighted by Crippen LogP contribution is -2.14. The van der Waals surface area contributed by atoms with Crippen LogP contribution >= 0.6 is 0 Å². The van der Waals surface area contributed by atoms with Crippen molar-refractivity contribution in [2.75, 3.05) is 58.4 Å². The fraction of sp³-hybridized carbons (Fsp3) is 0.247. The minimum Gasteiger partial charge on any atom is -0.495 e. The molecule has 6 aromatic heterocycles. The third-order valence-corrected chi connectivity index (χ3v) is 23.5. The lowest BCUT2D eigenvalue weighted by atomic mass is 10.1. The number of benzene rings is 7. The van der Waals surface area contributed by atoms with Gasteiger partial charge >= 0.3 is 0 Å². The van der Waals surface area contributed by atoms with E-state index >= 15 is 0 Å². The van der Waals surface area contributed by atoms with Crippen LogP contribution in [0.2, 0.25) is 0 Å². The summed E-state index contributed by atoms with van der Waals surface area (Å²) < 4.78 is 108. The van der Waals surface area contributed by atoms with Gasteiger partial charge in [-0.05, 0) is 123 Å². The summed E-state index contributed by atoms with van der Waals surface area (Å²) in [6.45, 7) is 0. The number of nitrogens with zero attached hydrogens (tertiary/aromatic N) is 13. The highest BCUT2D eigenvalue weighted by atomic mass is 32.2. The van der Waals surface area contributed by atoms with E-state index < -0.39 is 35.0 Å². The second-order valence-electron chi connectivity index (χ2n) is 25.9. The first-order valence-corrected chi connectivity index (χ1v) is 38.7. The molecule has 0 radical (unpaired) electrons. The zero-order chi connectivity index (χ0) is 74.9. The Morgan fingerprint density at radius 1 is 0.430 bits per heavy atom. The van der Waals surface area contributed by atoms with E-state index in [1.807, 2.05) is 38.3 Å². The number of rotatable bonds is 19. The van der Waals surface area contributed by atoms with Gasteiger partial charge in [0.05, 0.1) is 92.3 Å². The van der Waals surface area contributed by atoms with E-state index in [0.717, 1.165) is 106 Å². The summed E-state index contributed by atoms with van der Waals surface area (Å²) in [5.41, 5.74) is 31.5. The van der Waals surface area contributed by atoms with E-state index in [4.69, 9.17) is 52.4 Å². The van der Waals surface area contributed by atoms with Crippen LogP contribution in [0.5, 0.6) is 17.2 Å². The molecule has 13 aromatic rings. The molecule has 107 heavy (non-hydrogen) atoms. The summed E-state index contributed by atoms with van der Waals surface area (Å²) in [5, 5.41) is 28.9. The minimum atomic E-state index is -4.03. The summed E-state index contributed by atoms with van der Waals surface area (Å²) in [6.07, 6.45) is 17.4. The summed E-state index contributed by atoms with van der Waals surface area (Å²) in [6, 6.07) is 39.2. The first-order valence-electron chi connectivity index (χ1n) is 34.3. The molecule has 0 saturated heterocycles. The molecule has 3 fully saturated rings. The Morgan fingerprint density at radius 2 is 0.776 bits per heavy atom. The van der Waals surface area contributed by atoms with Crippen molar-refractivity contribution >= 4 is 120 Å². The number of nitrogens with one attached hydrogen (secondary N) is 3. The van der Waals surface area contributed by atoms with Gasteiger partial charge in [0.25, 0.3) is 35.8 Å². The van der Waals surface area contributed by atoms with Gasteiger partial charge in [0.15, 0.2) is 16.9 Å². The summed E-state index contributed by atoms with van der Waals surface area (Å²) in [7, 11) is -7.34. The van der Waals surface area contributed by atoms with E-state index in [-0.39, 0.29) is 49.9 Å². The average Bonchev–Trinajstić information content (AvgIpc) is 1.27. The zero-order valence-corrected chi connectivity index (χ0v) is 60.6. The predicted octanol–water partition coefficient (Wildman–Crippen LogP) is 12.6. The Hall–Kier alpha value is -12.3. The lowest BCUT2D eigenvalue weighted by Gasteiger charge is -2.14. The van der Waals surface area contributed by atoms with Crippen molar-refractivity contribution < 1.29 is 44.4 Å². The second kappa shape index (κ2) is 29.7. The Kier molecular flexibility index (Phi) is 19.9. The van der Waals surface area contributed by atoms with Gasteiger partial charge in [-0.2, -0.15) is 15.3 Å². The maximum absolute atomic E-state index is 13.4. The number of nitro benzene ring substituents is 1. The van der Waals surface area contributed by atoms with Crippen molar-refractivity contribution in [1.29, 1.82) is 0 Å². The fourth-order valence-corrected chi connectivity index (χ4v) is 17.4. The number of anilines is 7. The number of aromatic nitrogens is 12. The van der Waals surface area contributed by atoms with Gasteiger partial charge in [0.2, 0.25) is 0 Å². The smallest absolute Gasteiger partial charge is 0.269 e. The molecule has 16 rings (SSSR count). The SMILES string of the molecule is COc1cc(-c2nn(C3CCCC3)c3ncnc(N)c23)ccc1NS(=O)(=O)c1ccc(N)cc1.COc1cc(-c2nn(C3CCCC3)c3ncnc(N)c23)ccc1NS(=O)(=O)c1ccc([N+](=O)[O-])cc1.COc1cc(-c2nn(C3CCCC3)c3ncnc(N)c23)ccc1NS(=O)(=O)c1cccc2ccccc12. The largest absolute Gasteiger partial charge is 0.495 e. The van der Waals surface area contributed by atoms with Gasteiger partial charge in [-0.3, -0.25) is 24.3 Å². The normalized spacial score (nSPS) is 14.4. The maximum Gasteiger partial charge on any atom is 0.269 e. The molecule has 34 heteroatoms. The first-order chi connectivity index (χ1) is 51.6. The van der Waals surface area contributed by atoms with E-state index in [1.54, 1.807) is 72.8 Å². The van der Waals surface area contributed by atoms with Crippen LogP contribution in [-0.2, 0) is 30.1 Å². The summed E-state index contributed by atoms with van der Waals surface area (Å²) >= 11 is 0. The lowest BCUT2D eigenvalue weighted by molar-refractivity contribution is -0.384. The third-order valence-electron chi connectivity index (χ3n) is 19.3. The fourth-order valence-electron chi connectivity index (χ4n) is 14.0. The van der Waals surface area contributed by atoms with E-state index in [9.17, 15) is 35.4 Å². The van der Waals surface area contributed by atoms with Crippen LogP contribution < -0.4 is 51.3 Å². The zero-order valence-electron chi connectivity index (χ0n) is 58.1. The van der Waals surface area contributed by atoms with E-state index in [1.165, 1.54) is 76.7 Å². The number of nitrogen functional groups attached to an aromatic ring is 4. The van der Waals surface area contributed by atoms with Crippen LogP contribution in [0, 0.1) is 10.1 Å². The predicted molar refractivity (Wildman–Crippen MR) is 408 cm³/mol. The van der Waals surface area contributed by atoms with Crippen molar-refractivity contribution in [2.24, 2.45) is 0 Å². The van der Waals surface area contributed by atoms with Gasteiger partial charge in [-0.25, -0.2) is 69.2 Å². The van der Waals surface area contributed by atoms with E-state index in [0.29, 0.717) is 107 Å². The maximum atomic E-state index is 13.4. The Labute approximate surface area is 614 Å². The third kappa shape index (κ3) is 14.4. The molecule has 3 saturated carbocycles. The number of methoxy groups -OCH3 is 3. The molecule has 0 aliphatic heterocycles. The van der Waals surface area contributed by atoms with Crippen molar-refractivity contribution in [3.05, 3.63) is 175 Å². The number of fused-ring (bicyclic) bond motifs is 4. The molecule has 0 unspecified atom stereocenters. The monoisotopic (exact) mass is 1500 g/mol. The van der Waals surface area contributed by atoms with Crippen LogP contribution in [0.3, 0.4) is 0 Å². The molecule has 7 aromatic carbocycles. The molecular weight excluding hydrogens is 1430 g/mol. The van der Waals surface area contributed by atoms with Crippen molar-refractivity contribution in [3.8, 4) is 51.0 Å². The summed E-state index contributed by atoms with van der Waals surface area (Å²) in [5.74, 6) is 1.97. The molecule has 3 aliphatic carbocycles. The van der Waals surface area contributed by atoms with Gasteiger partial charge in [0.1, 0.15) is 70.8 Å². The molecule has 550 valence electrons. The topological polar surface area (TPSA) is 444 Å². The van der Waals surface area contributed by atoms with Crippen LogP contribution in [0.15, 0.2) is 179 Å². The molecule has 11 N–H and O–H groups in total. The highest BCUT2D eigenvalue weighted by molar-refractivity contribution is 7.93. The Balaban J connectivity index is 0.000000135. The first kappa shape index (κ1) is 71.7. The number of hydrogen-bond acceptors (Lipinski definition) is 24. The van der Waals surface area contributed by atoms with Crippen LogP contribution in [-0.4, -0.2) is 111 Å².